The summed E-state index contributed by atoms with van der Waals surface area (Å²) in [5.41, 5.74) is 0.463. The molecule has 1 atom stereocenters. The Morgan fingerprint density at radius 1 is 1.88 bits per heavy atom. The van der Waals surface area contributed by atoms with Crippen LogP contribution in [0.1, 0.15) is 18.7 Å². The number of hydrogen-bond acceptors (Lipinski definition) is 4. The second-order valence-electron chi connectivity index (χ2n) is 1.51. The lowest BCUT2D eigenvalue weighted by Gasteiger charge is -1.90. The van der Waals surface area contributed by atoms with Crippen LogP contribution in [0.2, 0.25) is 0 Å². The minimum absolute atomic E-state index is 0.463. The van der Waals surface area contributed by atoms with Gasteiger partial charge in [0.1, 0.15) is 12.0 Å². The molecule has 0 aliphatic carbocycles. The fourth-order valence-electron chi connectivity index (χ4n) is 0.354. The van der Waals surface area contributed by atoms with Crippen molar-refractivity contribution in [2.75, 3.05) is 0 Å². The van der Waals surface area contributed by atoms with E-state index in [4.69, 9.17) is 5.11 Å². The number of aliphatic hydroxyl groups excluding tert-OH is 1. The first-order valence-corrected chi connectivity index (χ1v) is 2.25. The zero-order valence-electron chi connectivity index (χ0n) is 4.40. The van der Waals surface area contributed by atoms with Crippen LogP contribution in [0, 0.1) is 0 Å². The fraction of sp³-hybridized carbons (Fsp3) is 0.500. The molecule has 0 aromatic carbocycles. The Hall–Kier alpha value is -0.900. The lowest BCUT2D eigenvalue weighted by atomic mass is 10.3. The van der Waals surface area contributed by atoms with Gasteiger partial charge in [-0.3, -0.25) is 0 Å². The van der Waals surface area contributed by atoms with Crippen LogP contribution < -0.4 is 0 Å². The maximum atomic E-state index is 8.75. The van der Waals surface area contributed by atoms with E-state index < -0.39 is 6.10 Å². The van der Waals surface area contributed by atoms with E-state index in [1.54, 1.807) is 6.92 Å². The first kappa shape index (κ1) is 5.24. The zero-order chi connectivity index (χ0) is 5.98. The monoisotopic (exact) mass is 114 g/mol. The van der Waals surface area contributed by atoms with Crippen molar-refractivity contribution in [1.82, 2.24) is 10.4 Å². The van der Waals surface area contributed by atoms with E-state index in [1.807, 2.05) is 0 Å². The smallest absolute Gasteiger partial charge is 0.150 e. The fourth-order valence-corrected chi connectivity index (χ4v) is 0.354. The average Bonchev–Trinajstić information content (AvgIpc) is 2.12. The lowest BCUT2D eigenvalue weighted by Crippen LogP contribution is -1.89. The maximum Gasteiger partial charge on any atom is 0.150 e. The minimum atomic E-state index is -0.582. The number of rotatable bonds is 1. The molecule has 0 aliphatic rings. The Morgan fingerprint density at radius 3 is 2.88 bits per heavy atom. The minimum Gasteiger partial charge on any atom is -0.387 e. The van der Waals surface area contributed by atoms with Crippen molar-refractivity contribution in [2.45, 2.75) is 13.0 Å². The first-order valence-electron chi connectivity index (χ1n) is 2.25. The number of aliphatic hydroxyl groups is 1. The second-order valence-corrected chi connectivity index (χ2v) is 1.51. The summed E-state index contributed by atoms with van der Waals surface area (Å²) in [5.74, 6) is 0. The molecular formula is C4H6N2O2. The molecule has 0 saturated heterocycles. The third kappa shape index (κ3) is 0.840. The maximum absolute atomic E-state index is 8.75. The molecule has 8 heavy (non-hydrogen) atoms. The van der Waals surface area contributed by atoms with Gasteiger partial charge in [-0.05, 0) is 6.92 Å². The Kier molecular flexibility index (Phi) is 1.26. The van der Waals surface area contributed by atoms with E-state index in [1.165, 1.54) is 6.26 Å². The predicted molar refractivity (Wildman–Crippen MR) is 24.9 cm³/mol. The predicted octanol–water partition coefficient (Wildman–Crippen LogP) is 0.123. The van der Waals surface area contributed by atoms with Gasteiger partial charge in [0.15, 0.2) is 0 Å². The van der Waals surface area contributed by atoms with Gasteiger partial charge < -0.3 is 9.63 Å². The van der Waals surface area contributed by atoms with Crippen molar-refractivity contribution in [3.8, 4) is 0 Å². The van der Waals surface area contributed by atoms with E-state index in [9.17, 15) is 0 Å². The van der Waals surface area contributed by atoms with Crippen molar-refractivity contribution >= 4 is 0 Å². The molecule has 0 spiro atoms. The summed E-state index contributed by atoms with van der Waals surface area (Å²) in [6.45, 7) is 1.60. The molecule has 0 radical (unpaired) electrons. The number of hydrogen-bond donors (Lipinski definition) is 1. The Balaban J connectivity index is 2.77. The Labute approximate surface area is 46.1 Å². The summed E-state index contributed by atoms with van der Waals surface area (Å²) in [7, 11) is 0. The van der Waals surface area contributed by atoms with Crippen LogP contribution in [0.5, 0.6) is 0 Å². The van der Waals surface area contributed by atoms with Gasteiger partial charge in [0.2, 0.25) is 0 Å². The first-order chi connectivity index (χ1) is 3.80. The highest BCUT2D eigenvalue weighted by Gasteiger charge is 2.02. The Morgan fingerprint density at radius 2 is 2.62 bits per heavy atom. The van der Waals surface area contributed by atoms with Gasteiger partial charge in [-0.1, -0.05) is 0 Å². The number of aromatic nitrogens is 2. The van der Waals surface area contributed by atoms with E-state index >= 15 is 0 Å². The van der Waals surface area contributed by atoms with Gasteiger partial charge in [-0.15, -0.1) is 5.10 Å². The highest BCUT2D eigenvalue weighted by molar-refractivity contribution is 4.90. The highest BCUT2D eigenvalue weighted by Crippen LogP contribution is 2.04. The third-order valence-corrected chi connectivity index (χ3v) is 0.805. The molecular weight excluding hydrogens is 108 g/mol. The van der Waals surface area contributed by atoms with Gasteiger partial charge in [-0.25, -0.2) is 0 Å². The molecule has 1 aromatic heterocycles. The van der Waals surface area contributed by atoms with E-state index in [0.29, 0.717) is 5.69 Å². The van der Waals surface area contributed by atoms with Crippen LogP contribution >= 0.6 is 0 Å². The van der Waals surface area contributed by atoms with Crippen molar-refractivity contribution in [3.05, 3.63) is 12.0 Å². The third-order valence-electron chi connectivity index (χ3n) is 0.805. The average molecular weight is 114 g/mol. The molecule has 1 heterocycles. The summed E-state index contributed by atoms with van der Waals surface area (Å²) in [6.07, 6.45) is 0.728. The summed E-state index contributed by atoms with van der Waals surface area (Å²) in [4.78, 5) is 0. The molecule has 1 N–H and O–H groups in total. The summed E-state index contributed by atoms with van der Waals surface area (Å²) >= 11 is 0. The summed E-state index contributed by atoms with van der Waals surface area (Å²) < 4.78 is 4.35. The molecule has 1 rings (SSSR count). The summed E-state index contributed by atoms with van der Waals surface area (Å²) in [5, 5.41) is 15.4. The van der Waals surface area contributed by atoms with E-state index in [0.717, 1.165) is 0 Å². The van der Waals surface area contributed by atoms with Gasteiger partial charge in [0.25, 0.3) is 0 Å². The van der Waals surface area contributed by atoms with Gasteiger partial charge in [-0.2, -0.15) is 0 Å². The van der Waals surface area contributed by atoms with E-state index in [-0.39, 0.29) is 0 Å². The molecule has 4 nitrogen and oxygen atoms in total. The van der Waals surface area contributed by atoms with Crippen molar-refractivity contribution < 1.29 is 9.63 Å². The van der Waals surface area contributed by atoms with Crippen LogP contribution in [-0.4, -0.2) is 15.5 Å². The molecule has 1 unspecified atom stereocenters. The topological polar surface area (TPSA) is 59.2 Å². The lowest BCUT2D eigenvalue weighted by molar-refractivity contribution is 0.194. The van der Waals surface area contributed by atoms with Gasteiger partial charge >= 0.3 is 0 Å². The van der Waals surface area contributed by atoms with Crippen molar-refractivity contribution in [2.24, 2.45) is 0 Å². The quantitative estimate of drug-likeness (QED) is 0.563. The molecule has 1 aromatic rings. The SMILES string of the molecule is CC(O)c1conn1. The standard InChI is InChI=1S/C4H6N2O2/c1-3(7)4-2-8-6-5-4/h2-3,7H,1H3. The van der Waals surface area contributed by atoms with Gasteiger partial charge in [0, 0.05) is 5.27 Å². The van der Waals surface area contributed by atoms with Crippen LogP contribution in [0.3, 0.4) is 0 Å². The van der Waals surface area contributed by atoms with Crippen LogP contribution in [0.4, 0.5) is 0 Å². The molecule has 0 amide bonds. The van der Waals surface area contributed by atoms with Crippen LogP contribution in [0.25, 0.3) is 0 Å². The normalized spacial score (nSPS) is 13.8. The largest absolute Gasteiger partial charge is 0.387 e. The second kappa shape index (κ2) is 1.92. The Bertz CT molecular complexity index is 147. The van der Waals surface area contributed by atoms with E-state index in [2.05, 4.69) is 14.9 Å². The van der Waals surface area contributed by atoms with Crippen molar-refractivity contribution in [1.29, 1.82) is 0 Å². The zero-order valence-corrected chi connectivity index (χ0v) is 4.40. The van der Waals surface area contributed by atoms with Crippen LogP contribution in [0.15, 0.2) is 10.8 Å². The van der Waals surface area contributed by atoms with Gasteiger partial charge in [0.05, 0.1) is 6.10 Å². The molecule has 0 bridgehead atoms. The van der Waals surface area contributed by atoms with Crippen LogP contribution in [-0.2, 0) is 0 Å². The highest BCUT2D eigenvalue weighted by atomic mass is 16.5. The molecule has 0 aliphatic heterocycles. The molecule has 44 valence electrons. The number of nitrogens with zero attached hydrogens (tertiary/aromatic N) is 2. The molecule has 4 heteroatoms. The molecule has 0 fully saturated rings. The van der Waals surface area contributed by atoms with Crippen molar-refractivity contribution in [3.63, 3.8) is 0 Å². The molecule has 0 saturated carbocycles. The summed E-state index contributed by atoms with van der Waals surface area (Å²) in [6, 6.07) is 0.